The zero-order chi connectivity index (χ0) is 24.6. The Labute approximate surface area is 197 Å². The number of nitrogens with one attached hydrogen (secondary N) is 1. The molecule has 2 rings (SSSR count). The molecule has 0 spiro atoms. The highest BCUT2D eigenvalue weighted by Gasteiger charge is 2.28. The van der Waals surface area contributed by atoms with E-state index in [4.69, 9.17) is 0 Å². The van der Waals surface area contributed by atoms with Crippen molar-refractivity contribution in [3.63, 3.8) is 0 Å². The molecule has 0 bridgehead atoms. The first kappa shape index (κ1) is 26.4. The Hall–Kier alpha value is -2.87. The summed E-state index contributed by atoms with van der Waals surface area (Å²) >= 11 is 0. The smallest absolute Gasteiger partial charge is 0.242 e. The van der Waals surface area contributed by atoms with Crippen molar-refractivity contribution in [1.82, 2.24) is 10.2 Å². The van der Waals surface area contributed by atoms with E-state index >= 15 is 0 Å². The number of carbonyl (C=O) groups excluding carboxylic acids is 2. The Morgan fingerprint density at radius 3 is 2.21 bits per heavy atom. The number of para-hydroxylation sites is 1. The SMILES string of the molecule is CCC(C(=O)NC)N(Cc1ccc(C)cc1)C(=O)CCCN(c1ccccc1C)S(C)(=O)=O. The number of anilines is 1. The van der Waals surface area contributed by atoms with Crippen molar-refractivity contribution < 1.29 is 18.0 Å². The lowest BCUT2D eigenvalue weighted by Crippen LogP contribution is -2.48. The number of hydrogen-bond donors (Lipinski definition) is 1. The molecule has 2 aromatic rings. The number of aryl methyl sites for hydroxylation is 2. The molecule has 0 fully saturated rings. The van der Waals surface area contributed by atoms with E-state index in [9.17, 15) is 18.0 Å². The van der Waals surface area contributed by atoms with Crippen LogP contribution in [-0.4, -0.2) is 51.0 Å². The number of likely N-dealkylation sites (N-methyl/N-ethyl adjacent to an activating group) is 1. The highest BCUT2D eigenvalue weighted by atomic mass is 32.2. The summed E-state index contributed by atoms with van der Waals surface area (Å²) in [6.45, 7) is 6.23. The standard InChI is InChI=1S/C25H35N3O4S/c1-6-22(25(30)26-4)27(18-21-15-13-19(2)14-16-21)24(29)12-9-17-28(33(5,31)32)23-11-8-7-10-20(23)3/h7-8,10-11,13-16,22H,6,9,12,17-18H2,1-5H3,(H,26,30). The van der Waals surface area contributed by atoms with Crippen LogP contribution in [-0.2, 0) is 26.2 Å². The van der Waals surface area contributed by atoms with Gasteiger partial charge < -0.3 is 10.2 Å². The monoisotopic (exact) mass is 473 g/mol. The maximum atomic E-state index is 13.2. The Morgan fingerprint density at radius 1 is 1.03 bits per heavy atom. The van der Waals surface area contributed by atoms with Gasteiger partial charge in [0.15, 0.2) is 0 Å². The Morgan fingerprint density at radius 2 is 1.67 bits per heavy atom. The fraction of sp³-hybridized carbons (Fsp3) is 0.440. The first-order valence-electron chi connectivity index (χ1n) is 11.2. The van der Waals surface area contributed by atoms with Crippen molar-refractivity contribution in [3.05, 3.63) is 65.2 Å². The normalized spacial score (nSPS) is 12.2. The first-order chi connectivity index (χ1) is 15.6. The van der Waals surface area contributed by atoms with Gasteiger partial charge in [0.2, 0.25) is 21.8 Å². The molecule has 8 heteroatoms. The molecule has 1 unspecified atom stereocenters. The molecule has 2 amide bonds. The molecular weight excluding hydrogens is 438 g/mol. The number of hydrogen-bond acceptors (Lipinski definition) is 4. The quantitative estimate of drug-likeness (QED) is 0.542. The second-order valence-electron chi connectivity index (χ2n) is 8.27. The number of carbonyl (C=O) groups is 2. The van der Waals surface area contributed by atoms with E-state index in [0.29, 0.717) is 25.1 Å². The van der Waals surface area contributed by atoms with Crippen LogP contribution in [0.15, 0.2) is 48.5 Å². The third kappa shape index (κ3) is 7.32. The number of sulfonamides is 1. The van der Waals surface area contributed by atoms with E-state index in [1.807, 2.05) is 57.2 Å². The molecule has 0 aliphatic carbocycles. The van der Waals surface area contributed by atoms with Gasteiger partial charge in [-0.2, -0.15) is 0 Å². The van der Waals surface area contributed by atoms with E-state index in [1.165, 1.54) is 10.6 Å². The van der Waals surface area contributed by atoms with Gasteiger partial charge in [-0.3, -0.25) is 13.9 Å². The molecule has 0 saturated heterocycles. The van der Waals surface area contributed by atoms with Crippen LogP contribution in [0.2, 0.25) is 0 Å². The summed E-state index contributed by atoms with van der Waals surface area (Å²) in [5, 5.41) is 2.65. The lowest BCUT2D eigenvalue weighted by Gasteiger charge is -2.31. The van der Waals surface area contributed by atoms with Crippen molar-refractivity contribution in [3.8, 4) is 0 Å². The summed E-state index contributed by atoms with van der Waals surface area (Å²) in [5.74, 6) is -0.389. The van der Waals surface area contributed by atoms with Gasteiger partial charge in [-0.15, -0.1) is 0 Å². The van der Waals surface area contributed by atoms with Gasteiger partial charge in [0.05, 0.1) is 11.9 Å². The van der Waals surface area contributed by atoms with E-state index in [0.717, 1.165) is 16.7 Å². The maximum Gasteiger partial charge on any atom is 0.242 e. The van der Waals surface area contributed by atoms with Gasteiger partial charge in [0.1, 0.15) is 6.04 Å². The molecule has 7 nitrogen and oxygen atoms in total. The summed E-state index contributed by atoms with van der Waals surface area (Å²) in [6.07, 6.45) is 2.13. The fourth-order valence-corrected chi connectivity index (χ4v) is 4.82. The van der Waals surface area contributed by atoms with Crippen molar-refractivity contribution >= 4 is 27.5 Å². The average Bonchev–Trinajstić information content (AvgIpc) is 2.77. The summed E-state index contributed by atoms with van der Waals surface area (Å²) < 4.78 is 26.2. The lowest BCUT2D eigenvalue weighted by atomic mass is 10.1. The van der Waals surface area contributed by atoms with Crippen LogP contribution in [0, 0.1) is 13.8 Å². The van der Waals surface area contributed by atoms with Crippen molar-refractivity contribution in [2.45, 2.75) is 52.6 Å². The van der Waals surface area contributed by atoms with Crippen LogP contribution in [0.1, 0.15) is 42.9 Å². The van der Waals surface area contributed by atoms with Crippen molar-refractivity contribution in [2.75, 3.05) is 24.2 Å². The first-order valence-corrected chi connectivity index (χ1v) is 13.0. The van der Waals surface area contributed by atoms with Crippen molar-refractivity contribution in [1.29, 1.82) is 0 Å². The summed E-state index contributed by atoms with van der Waals surface area (Å²) in [6, 6.07) is 14.5. The number of nitrogens with zero attached hydrogens (tertiary/aromatic N) is 2. The van der Waals surface area contributed by atoms with Crippen LogP contribution >= 0.6 is 0 Å². The lowest BCUT2D eigenvalue weighted by molar-refractivity contribution is -0.141. The molecule has 0 heterocycles. The summed E-state index contributed by atoms with van der Waals surface area (Å²) in [5.41, 5.74) is 3.52. The van der Waals surface area contributed by atoms with Crippen LogP contribution in [0.25, 0.3) is 0 Å². The molecule has 0 saturated carbocycles. The molecule has 0 aromatic heterocycles. The zero-order valence-corrected chi connectivity index (χ0v) is 21.0. The summed E-state index contributed by atoms with van der Waals surface area (Å²) in [7, 11) is -1.94. The molecular formula is C25H35N3O4S. The molecule has 2 aromatic carbocycles. The minimum atomic E-state index is -3.51. The van der Waals surface area contributed by atoms with Gasteiger partial charge >= 0.3 is 0 Å². The highest BCUT2D eigenvalue weighted by Crippen LogP contribution is 2.23. The van der Waals surface area contributed by atoms with Gasteiger partial charge in [0.25, 0.3) is 0 Å². The molecule has 0 aliphatic rings. The summed E-state index contributed by atoms with van der Waals surface area (Å²) in [4.78, 5) is 27.3. The molecule has 0 radical (unpaired) electrons. The number of rotatable bonds is 11. The van der Waals surface area contributed by atoms with Gasteiger partial charge in [-0.25, -0.2) is 8.42 Å². The Bertz CT molecular complexity index is 1050. The highest BCUT2D eigenvalue weighted by molar-refractivity contribution is 7.92. The van der Waals surface area contributed by atoms with E-state index in [2.05, 4.69) is 5.32 Å². The van der Waals surface area contributed by atoms with Crippen LogP contribution in [0.5, 0.6) is 0 Å². The van der Waals surface area contributed by atoms with Gasteiger partial charge in [0, 0.05) is 26.6 Å². The molecule has 33 heavy (non-hydrogen) atoms. The van der Waals surface area contributed by atoms with Crippen LogP contribution in [0.4, 0.5) is 5.69 Å². The number of benzene rings is 2. The second kappa shape index (κ2) is 11.8. The Kier molecular flexibility index (Phi) is 9.46. The van der Waals surface area contributed by atoms with E-state index < -0.39 is 16.1 Å². The predicted molar refractivity (Wildman–Crippen MR) is 132 cm³/mol. The molecule has 1 atom stereocenters. The molecule has 0 aliphatic heterocycles. The minimum Gasteiger partial charge on any atom is -0.357 e. The van der Waals surface area contributed by atoms with Gasteiger partial charge in [-0.05, 0) is 43.9 Å². The Balaban J connectivity index is 2.19. The van der Waals surface area contributed by atoms with E-state index in [1.54, 1.807) is 24.1 Å². The third-order valence-corrected chi connectivity index (χ3v) is 6.82. The van der Waals surface area contributed by atoms with Crippen LogP contribution < -0.4 is 9.62 Å². The average molecular weight is 474 g/mol. The zero-order valence-electron chi connectivity index (χ0n) is 20.2. The molecule has 1 N–H and O–H groups in total. The van der Waals surface area contributed by atoms with E-state index in [-0.39, 0.29) is 24.8 Å². The maximum absolute atomic E-state index is 13.2. The number of amides is 2. The predicted octanol–water partition coefficient (Wildman–Crippen LogP) is 3.40. The largest absolute Gasteiger partial charge is 0.357 e. The third-order valence-electron chi connectivity index (χ3n) is 5.64. The molecule has 180 valence electrons. The van der Waals surface area contributed by atoms with Crippen molar-refractivity contribution in [2.24, 2.45) is 0 Å². The van der Waals surface area contributed by atoms with Crippen LogP contribution in [0.3, 0.4) is 0 Å². The topological polar surface area (TPSA) is 86.8 Å². The van der Waals surface area contributed by atoms with Gasteiger partial charge in [-0.1, -0.05) is 55.0 Å². The minimum absolute atomic E-state index is 0.136. The second-order valence-corrected chi connectivity index (χ2v) is 10.2. The fourth-order valence-electron chi connectivity index (χ4n) is 3.80.